The van der Waals surface area contributed by atoms with Gasteiger partial charge in [-0.15, -0.1) is 0 Å². The summed E-state index contributed by atoms with van der Waals surface area (Å²) in [5.74, 6) is 6.74. The molecule has 4 aromatic rings. The van der Waals surface area contributed by atoms with Gasteiger partial charge in [-0.25, -0.2) is 10.8 Å². The molecule has 0 amide bonds. The lowest BCUT2D eigenvalue weighted by Crippen LogP contribution is -2.16. The van der Waals surface area contributed by atoms with Crippen molar-refractivity contribution in [3.8, 4) is 11.1 Å². The minimum atomic E-state index is 0.377. The molecule has 0 saturated carbocycles. The molecule has 5 nitrogen and oxygen atoms in total. The van der Waals surface area contributed by atoms with Crippen molar-refractivity contribution in [2.75, 3.05) is 17.4 Å². The fraction of sp³-hybridized carbons (Fsp3) is 0.0476. The quantitative estimate of drug-likeness (QED) is 0.355. The Labute approximate surface area is 166 Å². The van der Waals surface area contributed by atoms with Crippen LogP contribution in [0.2, 0.25) is 0 Å². The van der Waals surface area contributed by atoms with Crippen LogP contribution in [0.5, 0.6) is 0 Å². The van der Waals surface area contributed by atoms with Gasteiger partial charge in [-0.3, -0.25) is 5.43 Å². The van der Waals surface area contributed by atoms with Gasteiger partial charge < -0.3 is 4.90 Å². The summed E-state index contributed by atoms with van der Waals surface area (Å²) in [5, 5.41) is 0.949. The minimum Gasteiger partial charge on any atom is -0.329 e. The Bertz CT molecular complexity index is 1100. The van der Waals surface area contributed by atoms with E-state index in [1.807, 2.05) is 48.3 Å². The van der Waals surface area contributed by atoms with E-state index in [1.54, 1.807) is 0 Å². The van der Waals surface area contributed by atoms with E-state index in [2.05, 4.69) is 67.7 Å². The molecule has 0 fully saturated rings. The molecule has 1 heterocycles. The van der Waals surface area contributed by atoms with Crippen LogP contribution >= 0.6 is 15.9 Å². The number of hydrogen-bond acceptors (Lipinski definition) is 5. The summed E-state index contributed by atoms with van der Waals surface area (Å²) < 4.78 is 0.955. The van der Waals surface area contributed by atoms with Gasteiger partial charge in [0.05, 0.1) is 5.52 Å². The zero-order valence-electron chi connectivity index (χ0n) is 14.7. The van der Waals surface area contributed by atoms with E-state index in [0.717, 1.165) is 32.4 Å². The molecule has 0 radical (unpaired) electrons. The Kier molecular flexibility index (Phi) is 4.75. The predicted octanol–water partition coefficient (Wildman–Crippen LogP) is 5.11. The zero-order chi connectivity index (χ0) is 18.8. The third-order valence-electron chi connectivity index (χ3n) is 4.43. The maximum absolute atomic E-state index is 5.58. The van der Waals surface area contributed by atoms with Crippen molar-refractivity contribution >= 4 is 44.3 Å². The fourth-order valence-corrected chi connectivity index (χ4v) is 3.40. The van der Waals surface area contributed by atoms with Crippen LogP contribution in [0, 0.1) is 0 Å². The number of nitrogen functional groups attached to an aromatic ring is 1. The van der Waals surface area contributed by atoms with Gasteiger partial charge in [0.2, 0.25) is 5.95 Å². The standard InChI is InChI=1S/C21H18BrN5/c1-27(17-9-5-8-15(12-17)14-6-3-2-4-7-14)20-18-11-10-16(22)13-19(18)24-21(25-20)26-23/h2-13H,23H2,1H3,(H,24,25,26). The molecule has 0 bridgehead atoms. The smallest absolute Gasteiger partial charge is 0.239 e. The lowest BCUT2D eigenvalue weighted by atomic mass is 10.0. The molecule has 27 heavy (non-hydrogen) atoms. The molecule has 0 unspecified atom stereocenters. The van der Waals surface area contributed by atoms with Gasteiger partial charge in [-0.05, 0) is 41.5 Å². The van der Waals surface area contributed by atoms with Crippen LogP contribution in [-0.2, 0) is 0 Å². The van der Waals surface area contributed by atoms with E-state index >= 15 is 0 Å². The Morgan fingerprint density at radius 3 is 2.44 bits per heavy atom. The first kappa shape index (κ1) is 17.5. The summed E-state index contributed by atoms with van der Waals surface area (Å²) in [6.45, 7) is 0. The van der Waals surface area contributed by atoms with Gasteiger partial charge in [0.25, 0.3) is 0 Å². The number of anilines is 3. The highest BCUT2D eigenvalue weighted by Crippen LogP contribution is 2.33. The Hall–Kier alpha value is -2.96. The van der Waals surface area contributed by atoms with E-state index in [9.17, 15) is 0 Å². The molecular weight excluding hydrogens is 402 g/mol. The molecule has 134 valence electrons. The number of aromatic nitrogens is 2. The number of nitrogens with two attached hydrogens (primary N) is 1. The maximum atomic E-state index is 5.58. The molecule has 3 aromatic carbocycles. The predicted molar refractivity (Wildman–Crippen MR) is 115 cm³/mol. The average molecular weight is 420 g/mol. The van der Waals surface area contributed by atoms with Gasteiger partial charge in [0.1, 0.15) is 5.82 Å². The minimum absolute atomic E-state index is 0.377. The molecule has 0 aliphatic heterocycles. The Morgan fingerprint density at radius 1 is 0.889 bits per heavy atom. The van der Waals surface area contributed by atoms with Crippen molar-refractivity contribution in [2.24, 2.45) is 5.84 Å². The topological polar surface area (TPSA) is 67.1 Å². The van der Waals surface area contributed by atoms with Crippen molar-refractivity contribution in [1.82, 2.24) is 9.97 Å². The lowest BCUT2D eigenvalue weighted by molar-refractivity contribution is 1.09. The van der Waals surface area contributed by atoms with E-state index in [-0.39, 0.29) is 0 Å². The summed E-state index contributed by atoms with van der Waals surface area (Å²) >= 11 is 3.50. The molecule has 1 aromatic heterocycles. The number of fused-ring (bicyclic) bond motifs is 1. The number of rotatable bonds is 4. The Balaban J connectivity index is 1.82. The molecule has 3 N–H and O–H groups in total. The van der Waals surface area contributed by atoms with Gasteiger partial charge in [-0.1, -0.05) is 58.4 Å². The molecular formula is C21H18BrN5. The van der Waals surface area contributed by atoms with E-state index in [1.165, 1.54) is 5.56 Å². The first-order valence-electron chi connectivity index (χ1n) is 8.49. The summed E-state index contributed by atoms with van der Waals surface area (Å²) in [6.07, 6.45) is 0. The number of nitrogens with zero attached hydrogens (tertiary/aromatic N) is 3. The molecule has 0 spiro atoms. The SMILES string of the molecule is CN(c1cccc(-c2ccccc2)c1)c1nc(NN)nc2cc(Br)ccc12. The summed E-state index contributed by atoms with van der Waals surface area (Å²) in [6, 6.07) is 24.6. The van der Waals surface area contributed by atoms with E-state index in [0.29, 0.717) is 5.95 Å². The number of hydrogen-bond donors (Lipinski definition) is 2. The highest BCUT2D eigenvalue weighted by molar-refractivity contribution is 9.10. The van der Waals surface area contributed by atoms with Crippen LogP contribution in [0.25, 0.3) is 22.0 Å². The van der Waals surface area contributed by atoms with Gasteiger partial charge >= 0.3 is 0 Å². The number of benzene rings is 3. The fourth-order valence-electron chi connectivity index (χ4n) is 3.05. The summed E-state index contributed by atoms with van der Waals surface area (Å²) in [4.78, 5) is 11.1. The van der Waals surface area contributed by atoms with Crippen LogP contribution < -0.4 is 16.2 Å². The molecule has 0 aliphatic carbocycles. The zero-order valence-corrected chi connectivity index (χ0v) is 16.3. The molecule has 4 rings (SSSR count). The van der Waals surface area contributed by atoms with Crippen LogP contribution in [0.3, 0.4) is 0 Å². The number of halogens is 1. The first-order chi connectivity index (χ1) is 13.2. The molecule has 0 atom stereocenters. The van der Waals surface area contributed by atoms with Crippen molar-refractivity contribution in [3.05, 3.63) is 77.3 Å². The van der Waals surface area contributed by atoms with Crippen LogP contribution in [0.1, 0.15) is 0 Å². The van der Waals surface area contributed by atoms with Crippen LogP contribution in [0.4, 0.5) is 17.5 Å². The molecule has 0 aliphatic rings. The lowest BCUT2D eigenvalue weighted by Gasteiger charge is -2.21. The number of nitrogens with one attached hydrogen (secondary N) is 1. The third kappa shape index (κ3) is 3.49. The second-order valence-electron chi connectivity index (χ2n) is 6.15. The first-order valence-corrected chi connectivity index (χ1v) is 9.28. The third-order valence-corrected chi connectivity index (χ3v) is 4.92. The largest absolute Gasteiger partial charge is 0.329 e. The van der Waals surface area contributed by atoms with E-state index in [4.69, 9.17) is 5.84 Å². The van der Waals surface area contributed by atoms with Gasteiger partial charge in [-0.2, -0.15) is 4.98 Å². The normalized spacial score (nSPS) is 10.8. The van der Waals surface area contributed by atoms with E-state index < -0.39 is 0 Å². The summed E-state index contributed by atoms with van der Waals surface area (Å²) in [5.41, 5.74) is 6.73. The van der Waals surface area contributed by atoms with Crippen molar-refractivity contribution in [2.45, 2.75) is 0 Å². The van der Waals surface area contributed by atoms with Gasteiger partial charge in [0.15, 0.2) is 0 Å². The Morgan fingerprint density at radius 2 is 1.67 bits per heavy atom. The average Bonchev–Trinajstić information content (AvgIpc) is 2.72. The molecule has 6 heteroatoms. The highest BCUT2D eigenvalue weighted by Gasteiger charge is 2.14. The van der Waals surface area contributed by atoms with Crippen LogP contribution in [0.15, 0.2) is 77.3 Å². The second kappa shape index (κ2) is 7.34. The van der Waals surface area contributed by atoms with Crippen LogP contribution in [-0.4, -0.2) is 17.0 Å². The maximum Gasteiger partial charge on any atom is 0.239 e. The number of hydrazine groups is 1. The summed E-state index contributed by atoms with van der Waals surface area (Å²) in [7, 11) is 1.99. The van der Waals surface area contributed by atoms with Crippen molar-refractivity contribution in [3.63, 3.8) is 0 Å². The van der Waals surface area contributed by atoms with Gasteiger partial charge in [0, 0.05) is 22.6 Å². The second-order valence-corrected chi connectivity index (χ2v) is 7.07. The monoisotopic (exact) mass is 419 g/mol. The molecule has 0 saturated heterocycles. The highest BCUT2D eigenvalue weighted by atomic mass is 79.9. The van der Waals surface area contributed by atoms with Crippen molar-refractivity contribution < 1.29 is 0 Å². The van der Waals surface area contributed by atoms with Crippen molar-refractivity contribution in [1.29, 1.82) is 0 Å².